The lowest BCUT2D eigenvalue weighted by Gasteiger charge is -2.13. The van der Waals surface area contributed by atoms with Gasteiger partial charge < -0.3 is 10.4 Å². The Kier molecular flexibility index (Phi) is 2.44. The standard InChI is InChI=1S/C9H13NOS/c11-6-7-4-10-5-8(7)9-2-1-3-12-9/h1-3,7-8,10-11H,4-6H2/t7-,8-/m1/s1. The summed E-state index contributed by atoms with van der Waals surface area (Å²) in [6.45, 7) is 2.28. The third-order valence-corrected chi connectivity index (χ3v) is 3.49. The molecule has 0 radical (unpaired) electrons. The van der Waals surface area contributed by atoms with E-state index < -0.39 is 0 Å². The molecule has 2 atom stereocenters. The fraction of sp³-hybridized carbons (Fsp3) is 0.556. The van der Waals surface area contributed by atoms with Crippen LogP contribution in [0.2, 0.25) is 0 Å². The van der Waals surface area contributed by atoms with Gasteiger partial charge in [0.15, 0.2) is 0 Å². The number of hydrogen-bond acceptors (Lipinski definition) is 3. The van der Waals surface area contributed by atoms with Crippen LogP contribution in [0.3, 0.4) is 0 Å². The van der Waals surface area contributed by atoms with E-state index in [1.54, 1.807) is 11.3 Å². The molecule has 0 spiro atoms. The summed E-state index contributed by atoms with van der Waals surface area (Å²) in [5, 5.41) is 14.5. The maximum absolute atomic E-state index is 9.10. The van der Waals surface area contributed by atoms with E-state index >= 15 is 0 Å². The Hall–Kier alpha value is -0.380. The van der Waals surface area contributed by atoms with Crippen molar-refractivity contribution in [1.82, 2.24) is 5.32 Å². The molecule has 0 saturated carbocycles. The molecule has 66 valence electrons. The normalized spacial score (nSPS) is 29.4. The molecular formula is C9H13NOS. The summed E-state index contributed by atoms with van der Waals surface area (Å²) in [5.74, 6) is 0.957. The van der Waals surface area contributed by atoms with Gasteiger partial charge in [-0.15, -0.1) is 11.3 Å². The van der Waals surface area contributed by atoms with E-state index in [0.717, 1.165) is 13.1 Å². The molecule has 2 rings (SSSR count). The monoisotopic (exact) mass is 183 g/mol. The third-order valence-electron chi connectivity index (χ3n) is 2.48. The van der Waals surface area contributed by atoms with E-state index in [9.17, 15) is 0 Å². The van der Waals surface area contributed by atoms with Crippen molar-refractivity contribution in [2.24, 2.45) is 5.92 Å². The zero-order valence-corrected chi connectivity index (χ0v) is 7.68. The number of thiophene rings is 1. The van der Waals surface area contributed by atoms with Gasteiger partial charge in [-0.1, -0.05) is 6.07 Å². The van der Waals surface area contributed by atoms with Crippen molar-refractivity contribution < 1.29 is 5.11 Å². The quantitative estimate of drug-likeness (QED) is 0.718. The molecule has 3 heteroatoms. The Balaban J connectivity index is 2.13. The number of hydrogen-bond donors (Lipinski definition) is 2. The van der Waals surface area contributed by atoms with Crippen LogP contribution in [0.5, 0.6) is 0 Å². The van der Waals surface area contributed by atoms with E-state index in [2.05, 4.69) is 22.8 Å². The van der Waals surface area contributed by atoms with Crippen molar-refractivity contribution in [2.75, 3.05) is 19.7 Å². The average Bonchev–Trinajstić information content (AvgIpc) is 2.74. The predicted molar refractivity (Wildman–Crippen MR) is 50.5 cm³/mol. The number of rotatable bonds is 2. The van der Waals surface area contributed by atoms with E-state index in [-0.39, 0.29) is 0 Å². The number of aliphatic hydroxyl groups is 1. The second kappa shape index (κ2) is 3.56. The van der Waals surface area contributed by atoms with E-state index in [1.165, 1.54) is 4.88 Å². The predicted octanol–water partition coefficient (Wildman–Crippen LogP) is 1.04. The first kappa shape index (κ1) is 8.23. The summed E-state index contributed by atoms with van der Waals surface area (Å²) >= 11 is 1.79. The molecule has 0 unspecified atom stereocenters. The smallest absolute Gasteiger partial charge is 0.0478 e. The van der Waals surface area contributed by atoms with Crippen molar-refractivity contribution in [1.29, 1.82) is 0 Å². The van der Waals surface area contributed by atoms with Crippen molar-refractivity contribution in [3.05, 3.63) is 22.4 Å². The molecule has 12 heavy (non-hydrogen) atoms. The van der Waals surface area contributed by atoms with Crippen LogP contribution in [0.1, 0.15) is 10.8 Å². The maximum atomic E-state index is 9.10. The molecule has 2 nitrogen and oxygen atoms in total. The highest BCUT2D eigenvalue weighted by molar-refractivity contribution is 7.10. The lowest BCUT2D eigenvalue weighted by Crippen LogP contribution is -2.14. The Morgan fingerprint density at radius 1 is 1.58 bits per heavy atom. The summed E-state index contributed by atoms with van der Waals surface area (Å²) in [4.78, 5) is 1.40. The minimum atomic E-state index is 0.301. The fourth-order valence-corrected chi connectivity index (χ4v) is 2.68. The van der Waals surface area contributed by atoms with E-state index in [1.807, 2.05) is 0 Å². The summed E-state index contributed by atoms with van der Waals surface area (Å²) in [5.41, 5.74) is 0. The van der Waals surface area contributed by atoms with Gasteiger partial charge in [-0.2, -0.15) is 0 Å². The van der Waals surface area contributed by atoms with Gasteiger partial charge in [0.1, 0.15) is 0 Å². The first-order chi connectivity index (χ1) is 5.92. The first-order valence-electron chi connectivity index (χ1n) is 4.27. The van der Waals surface area contributed by atoms with Crippen LogP contribution < -0.4 is 5.32 Å². The molecule has 1 aromatic heterocycles. The Morgan fingerprint density at radius 3 is 3.17 bits per heavy atom. The third kappa shape index (κ3) is 1.40. The van der Waals surface area contributed by atoms with Gasteiger partial charge in [0, 0.05) is 36.4 Å². The summed E-state index contributed by atoms with van der Waals surface area (Å²) in [6.07, 6.45) is 0. The van der Waals surface area contributed by atoms with Gasteiger partial charge in [-0.3, -0.25) is 0 Å². The average molecular weight is 183 g/mol. The molecule has 1 fully saturated rings. The van der Waals surface area contributed by atoms with Gasteiger partial charge in [0.05, 0.1) is 0 Å². The van der Waals surface area contributed by atoms with Crippen LogP contribution in [-0.2, 0) is 0 Å². The lowest BCUT2D eigenvalue weighted by atomic mass is 9.95. The second-order valence-corrected chi connectivity index (χ2v) is 4.20. The van der Waals surface area contributed by atoms with Gasteiger partial charge in [0.2, 0.25) is 0 Å². The number of aliphatic hydroxyl groups excluding tert-OH is 1. The molecule has 2 N–H and O–H groups in total. The minimum absolute atomic E-state index is 0.301. The van der Waals surface area contributed by atoms with Crippen LogP contribution in [0.25, 0.3) is 0 Å². The summed E-state index contributed by atoms with van der Waals surface area (Å²) in [7, 11) is 0. The van der Waals surface area contributed by atoms with Crippen molar-refractivity contribution in [3.8, 4) is 0 Å². The topological polar surface area (TPSA) is 32.3 Å². The summed E-state index contributed by atoms with van der Waals surface area (Å²) in [6, 6.07) is 4.23. The largest absolute Gasteiger partial charge is 0.396 e. The van der Waals surface area contributed by atoms with Gasteiger partial charge >= 0.3 is 0 Å². The molecule has 0 aromatic carbocycles. The summed E-state index contributed by atoms with van der Waals surface area (Å²) < 4.78 is 0. The maximum Gasteiger partial charge on any atom is 0.0478 e. The molecule has 1 aromatic rings. The first-order valence-corrected chi connectivity index (χ1v) is 5.14. The molecule has 0 amide bonds. The lowest BCUT2D eigenvalue weighted by molar-refractivity contribution is 0.227. The Bertz CT molecular complexity index is 235. The Labute approximate surface area is 76.2 Å². The SMILES string of the molecule is OC[C@H]1CNC[C@H]1c1cccs1. The zero-order valence-electron chi connectivity index (χ0n) is 6.86. The molecular weight excluding hydrogens is 170 g/mol. The van der Waals surface area contributed by atoms with E-state index in [0.29, 0.717) is 18.4 Å². The highest BCUT2D eigenvalue weighted by atomic mass is 32.1. The van der Waals surface area contributed by atoms with Crippen LogP contribution in [-0.4, -0.2) is 24.8 Å². The van der Waals surface area contributed by atoms with Gasteiger partial charge in [-0.05, 0) is 11.4 Å². The van der Waals surface area contributed by atoms with Crippen LogP contribution >= 0.6 is 11.3 Å². The second-order valence-electron chi connectivity index (χ2n) is 3.22. The van der Waals surface area contributed by atoms with Crippen LogP contribution in [0.4, 0.5) is 0 Å². The molecule has 0 aliphatic carbocycles. The highest BCUT2D eigenvalue weighted by Crippen LogP contribution is 2.30. The van der Waals surface area contributed by atoms with Crippen LogP contribution in [0.15, 0.2) is 17.5 Å². The van der Waals surface area contributed by atoms with E-state index in [4.69, 9.17) is 5.11 Å². The van der Waals surface area contributed by atoms with Gasteiger partial charge in [-0.25, -0.2) is 0 Å². The van der Waals surface area contributed by atoms with Crippen LogP contribution in [0, 0.1) is 5.92 Å². The fourth-order valence-electron chi connectivity index (χ4n) is 1.76. The highest BCUT2D eigenvalue weighted by Gasteiger charge is 2.27. The molecule has 1 aliphatic heterocycles. The molecule has 0 bridgehead atoms. The van der Waals surface area contributed by atoms with Crippen molar-refractivity contribution in [3.63, 3.8) is 0 Å². The van der Waals surface area contributed by atoms with Gasteiger partial charge in [0.25, 0.3) is 0 Å². The Morgan fingerprint density at radius 2 is 2.50 bits per heavy atom. The molecule has 1 aliphatic rings. The van der Waals surface area contributed by atoms with Crippen molar-refractivity contribution >= 4 is 11.3 Å². The van der Waals surface area contributed by atoms with Crippen molar-refractivity contribution in [2.45, 2.75) is 5.92 Å². The zero-order chi connectivity index (χ0) is 8.39. The minimum Gasteiger partial charge on any atom is -0.396 e. The molecule has 1 saturated heterocycles. The molecule has 2 heterocycles. The number of nitrogens with one attached hydrogen (secondary N) is 1.